The second-order valence-corrected chi connectivity index (χ2v) is 7.84. The maximum absolute atomic E-state index is 12.8. The SMILES string of the molecule is Cc1ccc(C(CNC(=O)c2cc(=O)c3cc(Cl)ccc3o2)N2CCOCC2)cc1. The molecule has 0 bridgehead atoms. The van der Waals surface area contributed by atoms with E-state index in [1.165, 1.54) is 17.7 Å². The lowest BCUT2D eigenvalue weighted by Gasteiger charge is -2.35. The van der Waals surface area contributed by atoms with Crippen molar-refractivity contribution in [1.82, 2.24) is 10.2 Å². The fraction of sp³-hybridized carbons (Fsp3) is 0.304. The molecule has 7 heteroatoms. The molecule has 1 unspecified atom stereocenters. The van der Waals surface area contributed by atoms with Gasteiger partial charge in [0, 0.05) is 30.7 Å². The summed E-state index contributed by atoms with van der Waals surface area (Å²) in [5.41, 5.74) is 2.34. The normalized spacial score (nSPS) is 15.8. The summed E-state index contributed by atoms with van der Waals surface area (Å²) in [7, 11) is 0. The van der Waals surface area contributed by atoms with Crippen LogP contribution in [0.4, 0.5) is 0 Å². The number of ether oxygens (including phenoxy) is 1. The molecule has 1 saturated heterocycles. The Labute approximate surface area is 179 Å². The predicted molar refractivity (Wildman–Crippen MR) is 116 cm³/mol. The van der Waals surface area contributed by atoms with Crippen LogP contribution in [0.15, 0.2) is 57.7 Å². The Bertz CT molecular complexity index is 1100. The molecule has 1 aliphatic heterocycles. The third kappa shape index (κ3) is 4.56. The van der Waals surface area contributed by atoms with Crippen LogP contribution in [-0.4, -0.2) is 43.7 Å². The quantitative estimate of drug-likeness (QED) is 0.675. The fourth-order valence-corrected chi connectivity index (χ4v) is 3.82. The molecule has 30 heavy (non-hydrogen) atoms. The topological polar surface area (TPSA) is 71.8 Å². The van der Waals surface area contributed by atoms with Gasteiger partial charge in [0.05, 0.1) is 24.6 Å². The summed E-state index contributed by atoms with van der Waals surface area (Å²) in [6, 6.07) is 14.3. The summed E-state index contributed by atoms with van der Waals surface area (Å²) in [6.45, 7) is 5.35. The first-order valence-corrected chi connectivity index (χ1v) is 10.3. The number of aryl methyl sites for hydroxylation is 1. The highest BCUT2D eigenvalue weighted by molar-refractivity contribution is 6.31. The Morgan fingerprint density at radius 1 is 1.13 bits per heavy atom. The molecule has 1 amide bonds. The molecule has 1 atom stereocenters. The molecule has 0 radical (unpaired) electrons. The van der Waals surface area contributed by atoms with E-state index in [0.717, 1.165) is 18.7 Å². The van der Waals surface area contributed by atoms with Crippen LogP contribution in [0.3, 0.4) is 0 Å². The fourth-order valence-electron chi connectivity index (χ4n) is 3.65. The summed E-state index contributed by atoms with van der Waals surface area (Å²) >= 11 is 5.95. The minimum atomic E-state index is -0.422. The van der Waals surface area contributed by atoms with E-state index >= 15 is 0 Å². The molecule has 156 valence electrons. The number of hydrogen-bond donors (Lipinski definition) is 1. The Morgan fingerprint density at radius 2 is 1.87 bits per heavy atom. The van der Waals surface area contributed by atoms with Gasteiger partial charge >= 0.3 is 0 Å². The second-order valence-electron chi connectivity index (χ2n) is 7.40. The third-order valence-corrected chi connectivity index (χ3v) is 5.55. The van der Waals surface area contributed by atoms with Gasteiger partial charge in [-0.25, -0.2) is 0 Å². The molecule has 4 rings (SSSR count). The van der Waals surface area contributed by atoms with Crippen LogP contribution in [0.1, 0.15) is 27.7 Å². The molecule has 1 fully saturated rings. The zero-order valence-electron chi connectivity index (χ0n) is 16.7. The molecule has 1 aliphatic rings. The molecule has 3 aromatic rings. The molecule has 2 heterocycles. The molecular formula is C23H23ClN2O4. The standard InChI is InChI=1S/C23H23ClN2O4/c1-15-2-4-16(5-3-15)19(26-8-10-29-11-9-26)14-25-23(28)22-13-20(27)18-12-17(24)6-7-21(18)30-22/h2-7,12-13,19H,8-11,14H2,1H3,(H,25,28). The first-order valence-electron chi connectivity index (χ1n) is 9.91. The van der Waals surface area contributed by atoms with Crippen molar-refractivity contribution in [2.24, 2.45) is 0 Å². The van der Waals surface area contributed by atoms with E-state index in [9.17, 15) is 9.59 Å². The zero-order valence-corrected chi connectivity index (χ0v) is 17.4. The Balaban J connectivity index is 1.55. The lowest BCUT2D eigenvalue weighted by molar-refractivity contribution is 0.0161. The van der Waals surface area contributed by atoms with Gasteiger partial charge in [-0.3, -0.25) is 14.5 Å². The van der Waals surface area contributed by atoms with Gasteiger partial charge in [-0.15, -0.1) is 0 Å². The minimum absolute atomic E-state index is 0.00411. The van der Waals surface area contributed by atoms with Crippen LogP contribution in [0, 0.1) is 6.92 Å². The van der Waals surface area contributed by atoms with E-state index in [2.05, 4.69) is 34.5 Å². The van der Waals surface area contributed by atoms with Crippen molar-refractivity contribution >= 4 is 28.5 Å². The van der Waals surface area contributed by atoms with Gasteiger partial charge in [0.15, 0.2) is 11.2 Å². The Hall–Kier alpha value is -2.67. The van der Waals surface area contributed by atoms with Crippen molar-refractivity contribution in [3.63, 3.8) is 0 Å². The van der Waals surface area contributed by atoms with E-state index in [1.54, 1.807) is 12.1 Å². The average molecular weight is 427 g/mol. The highest BCUT2D eigenvalue weighted by atomic mass is 35.5. The van der Waals surface area contributed by atoms with Crippen LogP contribution in [-0.2, 0) is 4.74 Å². The van der Waals surface area contributed by atoms with Gasteiger partial charge in [0.25, 0.3) is 5.91 Å². The van der Waals surface area contributed by atoms with Gasteiger partial charge in [-0.2, -0.15) is 0 Å². The summed E-state index contributed by atoms with van der Waals surface area (Å²) in [5, 5.41) is 3.73. The number of hydrogen-bond acceptors (Lipinski definition) is 5. The number of morpholine rings is 1. The molecule has 1 N–H and O–H groups in total. The number of nitrogens with zero attached hydrogens (tertiary/aromatic N) is 1. The van der Waals surface area contributed by atoms with Gasteiger partial charge in [-0.05, 0) is 30.7 Å². The maximum Gasteiger partial charge on any atom is 0.287 e. The predicted octanol–water partition coefficient (Wildman–Crippen LogP) is 3.56. The van der Waals surface area contributed by atoms with Crippen molar-refractivity contribution in [2.45, 2.75) is 13.0 Å². The van der Waals surface area contributed by atoms with Crippen LogP contribution < -0.4 is 10.7 Å². The highest BCUT2D eigenvalue weighted by Crippen LogP contribution is 2.22. The number of carbonyl (C=O) groups is 1. The van der Waals surface area contributed by atoms with E-state index < -0.39 is 5.91 Å². The van der Waals surface area contributed by atoms with Gasteiger partial charge in [0.2, 0.25) is 0 Å². The van der Waals surface area contributed by atoms with E-state index in [-0.39, 0.29) is 17.2 Å². The maximum atomic E-state index is 12.8. The number of carbonyl (C=O) groups excluding carboxylic acids is 1. The first kappa shape index (κ1) is 20.6. The minimum Gasteiger partial charge on any atom is -0.451 e. The lowest BCUT2D eigenvalue weighted by atomic mass is 10.0. The summed E-state index contributed by atoms with van der Waals surface area (Å²) in [4.78, 5) is 27.4. The van der Waals surface area contributed by atoms with Gasteiger partial charge in [-0.1, -0.05) is 41.4 Å². The molecule has 0 saturated carbocycles. The zero-order chi connectivity index (χ0) is 21.1. The second kappa shape index (κ2) is 9.00. The summed E-state index contributed by atoms with van der Waals surface area (Å²) in [5.74, 6) is -0.436. The smallest absolute Gasteiger partial charge is 0.287 e. The highest BCUT2D eigenvalue weighted by Gasteiger charge is 2.24. The largest absolute Gasteiger partial charge is 0.451 e. The average Bonchev–Trinajstić information content (AvgIpc) is 2.76. The molecule has 0 aliphatic carbocycles. The molecule has 6 nitrogen and oxygen atoms in total. The van der Waals surface area contributed by atoms with Crippen molar-refractivity contribution in [1.29, 1.82) is 0 Å². The van der Waals surface area contributed by atoms with Gasteiger partial charge in [0.1, 0.15) is 5.58 Å². The number of nitrogens with one attached hydrogen (secondary N) is 1. The van der Waals surface area contributed by atoms with E-state index in [1.807, 2.05) is 6.92 Å². The number of amides is 1. The molecular weight excluding hydrogens is 404 g/mol. The van der Waals surface area contributed by atoms with Crippen molar-refractivity contribution in [2.75, 3.05) is 32.8 Å². The van der Waals surface area contributed by atoms with Crippen molar-refractivity contribution in [3.05, 3.63) is 80.7 Å². The number of fused-ring (bicyclic) bond motifs is 1. The Morgan fingerprint density at radius 3 is 2.60 bits per heavy atom. The molecule has 0 spiro atoms. The van der Waals surface area contributed by atoms with E-state index in [4.69, 9.17) is 20.8 Å². The summed E-state index contributed by atoms with van der Waals surface area (Å²) < 4.78 is 11.1. The monoisotopic (exact) mass is 426 g/mol. The summed E-state index contributed by atoms with van der Waals surface area (Å²) in [6.07, 6.45) is 0. The number of rotatable bonds is 5. The van der Waals surface area contributed by atoms with Gasteiger partial charge < -0.3 is 14.5 Å². The first-order chi connectivity index (χ1) is 14.5. The van der Waals surface area contributed by atoms with Crippen molar-refractivity contribution in [3.8, 4) is 0 Å². The van der Waals surface area contributed by atoms with Crippen LogP contribution in [0.5, 0.6) is 0 Å². The molecule has 2 aromatic carbocycles. The third-order valence-electron chi connectivity index (χ3n) is 5.32. The lowest BCUT2D eigenvalue weighted by Crippen LogP contribution is -2.43. The Kier molecular flexibility index (Phi) is 6.18. The van der Waals surface area contributed by atoms with E-state index in [0.29, 0.717) is 35.8 Å². The van der Waals surface area contributed by atoms with Crippen LogP contribution >= 0.6 is 11.6 Å². The number of benzene rings is 2. The number of halogens is 1. The van der Waals surface area contributed by atoms with Crippen molar-refractivity contribution < 1.29 is 13.9 Å². The van der Waals surface area contributed by atoms with Crippen LogP contribution in [0.25, 0.3) is 11.0 Å². The van der Waals surface area contributed by atoms with Crippen LogP contribution in [0.2, 0.25) is 5.02 Å². The molecule has 1 aromatic heterocycles.